The maximum atomic E-state index is 6.04. The average Bonchev–Trinajstić information content (AvgIpc) is 3.60. The van der Waals surface area contributed by atoms with Gasteiger partial charge in [-0.3, -0.25) is 0 Å². The number of benzene rings is 4. The highest BCUT2D eigenvalue weighted by molar-refractivity contribution is 7.15. The van der Waals surface area contributed by atoms with Crippen molar-refractivity contribution in [2.45, 2.75) is 58.3 Å². The van der Waals surface area contributed by atoms with Crippen LogP contribution >= 0.6 is 22.7 Å². The molecule has 0 N–H and O–H groups in total. The number of hydrogen-bond acceptors (Lipinski definition) is 3. The quantitative estimate of drug-likeness (QED) is 0.121. The topological polar surface area (TPSA) is 9.23 Å². The van der Waals surface area contributed by atoms with Gasteiger partial charge in [-0.05, 0) is 79.3 Å². The molecule has 0 unspecified atom stereocenters. The van der Waals surface area contributed by atoms with Crippen LogP contribution in [0.4, 0.5) is 0 Å². The Morgan fingerprint density at radius 2 is 1.16 bits per heavy atom. The molecule has 0 aliphatic heterocycles. The summed E-state index contributed by atoms with van der Waals surface area (Å²) in [5.41, 5.74) is 1.26. The Labute approximate surface area is 227 Å². The van der Waals surface area contributed by atoms with E-state index in [1.54, 1.807) is 11.3 Å². The van der Waals surface area contributed by atoms with Crippen molar-refractivity contribution in [1.29, 1.82) is 0 Å². The third-order valence-electron chi connectivity index (χ3n) is 7.62. The lowest BCUT2D eigenvalue weighted by Gasteiger charge is -2.08. The van der Waals surface area contributed by atoms with Gasteiger partial charge >= 0.3 is 0 Å². The number of hydrogen-bond donors (Lipinski definition) is 0. The Kier molecular flexibility index (Phi) is 7.43. The minimum Gasteiger partial charge on any atom is -0.494 e. The minimum atomic E-state index is 0.813. The standard InChI is InChI=1S/C34H34OS2/c1-2-3-4-5-6-7-8-9-20-35-26-13-10-24(11-14-26)34-31-19-18-28-27-15-12-25-21-36-22-32(25)29(27)16-17-30(28)33(31)23-37-34/h10-19,21-23H,2-9,20H2,1H3. The fourth-order valence-electron chi connectivity index (χ4n) is 5.55. The number of thiophene rings is 2. The SMILES string of the molecule is CCCCCCCCCCOc1ccc(-c2scc3c2ccc2c3ccc3c4cscc4ccc32)cc1. The smallest absolute Gasteiger partial charge is 0.119 e. The zero-order chi connectivity index (χ0) is 25.0. The predicted octanol–water partition coefficient (Wildman–Crippen LogP) is 11.6. The first-order valence-electron chi connectivity index (χ1n) is 13.8. The summed E-state index contributed by atoms with van der Waals surface area (Å²) in [4.78, 5) is 1.33. The van der Waals surface area contributed by atoms with Crippen LogP contribution < -0.4 is 4.74 Å². The van der Waals surface area contributed by atoms with Crippen LogP contribution in [0.3, 0.4) is 0 Å². The summed E-state index contributed by atoms with van der Waals surface area (Å²) in [6.07, 6.45) is 10.6. The molecule has 37 heavy (non-hydrogen) atoms. The van der Waals surface area contributed by atoms with E-state index in [4.69, 9.17) is 4.74 Å². The molecule has 0 saturated heterocycles. The van der Waals surface area contributed by atoms with E-state index in [2.05, 4.69) is 83.7 Å². The van der Waals surface area contributed by atoms with Crippen molar-refractivity contribution in [3.8, 4) is 16.2 Å². The summed E-state index contributed by atoms with van der Waals surface area (Å²) in [7, 11) is 0. The number of rotatable bonds is 11. The van der Waals surface area contributed by atoms with Crippen LogP contribution in [0.5, 0.6) is 5.75 Å². The zero-order valence-corrected chi connectivity index (χ0v) is 23.2. The van der Waals surface area contributed by atoms with Gasteiger partial charge in [0.1, 0.15) is 5.75 Å². The van der Waals surface area contributed by atoms with E-state index in [1.165, 1.54) is 98.5 Å². The molecular formula is C34H34OS2. The third kappa shape index (κ3) is 5.00. The summed E-state index contributed by atoms with van der Waals surface area (Å²) in [5, 5.41) is 17.6. The summed E-state index contributed by atoms with van der Waals surface area (Å²) >= 11 is 3.62. The molecule has 2 aromatic heterocycles. The lowest BCUT2D eigenvalue weighted by Crippen LogP contribution is -1.97. The molecule has 188 valence electrons. The van der Waals surface area contributed by atoms with Crippen LogP contribution in [0.1, 0.15) is 58.3 Å². The van der Waals surface area contributed by atoms with Crippen molar-refractivity contribution >= 4 is 65.8 Å². The van der Waals surface area contributed by atoms with Crippen molar-refractivity contribution in [1.82, 2.24) is 0 Å². The van der Waals surface area contributed by atoms with Crippen molar-refractivity contribution in [3.05, 3.63) is 76.8 Å². The summed E-state index contributed by atoms with van der Waals surface area (Å²) in [6, 6.07) is 22.5. The average molecular weight is 523 g/mol. The monoisotopic (exact) mass is 522 g/mol. The Bertz CT molecular complexity index is 1640. The van der Waals surface area contributed by atoms with Crippen LogP contribution in [0, 0.1) is 0 Å². The largest absolute Gasteiger partial charge is 0.494 e. The van der Waals surface area contributed by atoms with Crippen LogP contribution in [0.25, 0.3) is 53.5 Å². The van der Waals surface area contributed by atoms with Crippen molar-refractivity contribution in [2.75, 3.05) is 6.61 Å². The molecule has 0 aliphatic carbocycles. The second-order valence-corrected chi connectivity index (χ2v) is 11.8. The number of ether oxygens (including phenoxy) is 1. The van der Waals surface area contributed by atoms with Gasteiger partial charge in [0.15, 0.2) is 0 Å². The van der Waals surface area contributed by atoms with Gasteiger partial charge in [-0.2, -0.15) is 11.3 Å². The fourth-order valence-corrected chi connectivity index (χ4v) is 7.44. The first-order valence-corrected chi connectivity index (χ1v) is 15.6. The molecule has 4 aromatic carbocycles. The molecule has 6 rings (SSSR count). The molecule has 3 heteroatoms. The third-order valence-corrected chi connectivity index (χ3v) is 9.42. The Hall–Kier alpha value is -2.88. The predicted molar refractivity (Wildman–Crippen MR) is 166 cm³/mol. The first-order chi connectivity index (χ1) is 18.3. The highest BCUT2D eigenvalue weighted by Crippen LogP contribution is 2.41. The van der Waals surface area contributed by atoms with Crippen molar-refractivity contribution in [2.24, 2.45) is 0 Å². The number of unbranched alkanes of at least 4 members (excludes halogenated alkanes) is 7. The maximum absolute atomic E-state index is 6.04. The Balaban J connectivity index is 1.16. The molecule has 0 spiro atoms. The van der Waals surface area contributed by atoms with E-state index in [0.717, 1.165) is 18.8 Å². The molecule has 0 atom stereocenters. The van der Waals surface area contributed by atoms with E-state index < -0.39 is 0 Å². The van der Waals surface area contributed by atoms with Gasteiger partial charge in [0.25, 0.3) is 0 Å². The second-order valence-electron chi connectivity index (χ2n) is 10.1. The normalized spacial score (nSPS) is 11.8. The van der Waals surface area contributed by atoms with E-state index in [-0.39, 0.29) is 0 Å². The molecule has 0 bridgehead atoms. The van der Waals surface area contributed by atoms with E-state index in [1.807, 2.05) is 11.3 Å². The van der Waals surface area contributed by atoms with E-state index >= 15 is 0 Å². The molecular weight excluding hydrogens is 489 g/mol. The molecule has 0 aliphatic rings. The van der Waals surface area contributed by atoms with Gasteiger partial charge in [0.2, 0.25) is 0 Å². The van der Waals surface area contributed by atoms with Crippen molar-refractivity contribution < 1.29 is 4.74 Å². The lowest BCUT2D eigenvalue weighted by molar-refractivity contribution is 0.304. The highest BCUT2D eigenvalue weighted by atomic mass is 32.1. The van der Waals surface area contributed by atoms with Gasteiger partial charge in [-0.1, -0.05) is 88.3 Å². The summed E-state index contributed by atoms with van der Waals surface area (Å²) in [5.74, 6) is 0.976. The Morgan fingerprint density at radius 1 is 0.541 bits per heavy atom. The molecule has 1 nitrogen and oxygen atoms in total. The maximum Gasteiger partial charge on any atom is 0.119 e. The van der Waals surface area contributed by atoms with Gasteiger partial charge < -0.3 is 4.74 Å². The van der Waals surface area contributed by atoms with Gasteiger partial charge in [0.05, 0.1) is 6.61 Å². The zero-order valence-electron chi connectivity index (χ0n) is 21.6. The minimum absolute atomic E-state index is 0.813. The second kappa shape index (κ2) is 11.2. The molecule has 2 heterocycles. The molecule has 0 saturated carbocycles. The van der Waals surface area contributed by atoms with E-state index in [0.29, 0.717) is 0 Å². The van der Waals surface area contributed by atoms with Crippen LogP contribution in [0.15, 0.2) is 76.8 Å². The van der Waals surface area contributed by atoms with E-state index in [9.17, 15) is 0 Å². The molecule has 0 radical (unpaired) electrons. The fraction of sp³-hybridized carbons (Fsp3) is 0.294. The summed E-state index contributed by atoms with van der Waals surface area (Å²) < 4.78 is 6.04. The van der Waals surface area contributed by atoms with Crippen LogP contribution in [-0.4, -0.2) is 6.61 Å². The van der Waals surface area contributed by atoms with Gasteiger partial charge in [0, 0.05) is 21.0 Å². The molecule has 0 fully saturated rings. The highest BCUT2D eigenvalue weighted by Gasteiger charge is 2.12. The first kappa shape index (κ1) is 24.5. The van der Waals surface area contributed by atoms with Gasteiger partial charge in [-0.15, -0.1) is 11.3 Å². The van der Waals surface area contributed by atoms with Crippen LogP contribution in [0.2, 0.25) is 0 Å². The van der Waals surface area contributed by atoms with Gasteiger partial charge in [-0.25, -0.2) is 0 Å². The Morgan fingerprint density at radius 3 is 1.92 bits per heavy atom. The van der Waals surface area contributed by atoms with Crippen LogP contribution in [-0.2, 0) is 0 Å². The lowest BCUT2D eigenvalue weighted by atomic mass is 9.96. The number of fused-ring (bicyclic) bond motifs is 7. The summed E-state index contributed by atoms with van der Waals surface area (Å²) in [6.45, 7) is 3.09. The molecule has 0 amide bonds. The molecule has 6 aromatic rings. The van der Waals surface area contributed by atoms with Crippen molar-refractivity contribution in [3.63, 3.8) is 0 Å².